The van der Waals surface area contributed by atoms with Gasteiger partial charge in [-0.25, -0.2) is 4.68 Å². The lowest BCUT2D eigenvalue weighted by molar-refractivity contribution is 0.595. The molecule has 1 aromatic carbocycles. The van der Waals surface area contributed by atoms with Crippen LogP contribution < -0.4 is 5.56 Å². The smallest absolute Gasteiger partial charge is 0.267 e. The zero-order chi connectivity index (χ0) is 10.7. The van der Waals surface area contributed by atoms with Gasteiger partial charge in [0.2, 0.25) is 0 Å². The summed E-state index contributed by atoms with van der Waals surface area (Å²) in [5, 5.41) is 13.9. The first-order valence-corrected chi connectivity index (χ1v) is 4.65. The van der Waals surface area contributed by atoms with E-state index in [1.807, 2.05) is 24.3 Å². The molecule has 0 aliphatic heterocycles. The summed E-state index contributed by atoms with van der Waals surface area (Å²) < 4.78 is 1.32. The van der Waals surface area contributed by atoms with E-state index in [1.165, 1.54) is 4.68 Å². The average molecular weight is 199 g/mol. The van der Waals surface area contributed by atoms with Gasteiger partial charge in [0.25, 0.3) is 5.56 Å². The molecule has 0 unspecified atom stereocenters. The van der Waals surface area contributed by atoms with Gasteiger partial charge in [0.15, 0.2) is 0 Å². The van der Waals surface area contributed by atoms with E-state index in [1.54, 1.807) is 12.3 Å². The van der Waals surface area contributed by atoms with Crippen LogP contribution in [0.5, 0.6) is 0 Å². The summed E-state index contributed by atoms with van der Waals surface area (Å²) in [7, 11) is 0. The molecule has 0 bridgehead atoms. The van der Waals surface area contributed by atoms with Crippen molar-refractivity contribution in [1.82, 2.24) is 9.78 Å². The van der Waals surface area contributed by atoms with E-state index in [9.17, 15) is 4.79 Å². The molecule has 0 N–H and O–H groups in total. The van der Waals surface area contributed by atoms with E-state index in [4.69, 9.17) is 5.26 Å². The Labute approximate surface area is 86.4 Å². The highest BCUT2D eigenvalue weighted by molar-refractivity contribution is 5.80. The third kappa shape index (κ3) is 1.72. The zero-order valence-electron chi connectivity index (χ0n) is 8.05. The predicted molar refractivity (Wildman–Crippen MR) is 56.2 cm³/mol. The molecule has 0 saturated carbocycles. The number of aromatic nitrogens is 2. The third-order valence-corrected chi connectivity index (χ3v) is 2.20. The summed E-state index contributed by atoms with van der Waals surface area (Å²) in [5.41, 5.74) is -0.136. The average Bonchev–Trinajstić information content (AvgIpc) is 2.29. The van der Waals surface area contributed by atoms with E-state index in [-0.39, 0.29) is 5.56 Å². The molecule has 2 rings (SSSR count). The number of nitriles is 1. The van der Waals surface area contributed by atoms with Gasteiger partial charge < -0.3 is 0 Å². The van der Waals surface area contributed by atoms with Gasteiger partial charge in [-0.1, -0.05) is 18.2 Å². The van der Waals surface area contributed by atoms with Crippen molar-refractivity contribution in [3.05, 3.63) is 40.8 Å². The molecule has 1 aromatic heterocycles. The molecule has 0 saturated heterocycles. The molecule has 4 heteroatoms. The Kier molecular flexibility index (Phi) is 2.46. The van der Waals surface area contributed by atoms with Crippen molar-refractivity contribution in [2.75, 3.05) is 0 Å². The fourth-order valence-electron chi connectivity index (χ4n) is 1.44. The van der Waals surface area contributed by atoms with E-state index in [0.717, 1.165) is 5.39 Å². The summed E-state index contributed by atoms with van der Waals surface area (Å²) in [6, 6.07) is 9.29. The van der Waals surface area contributed by atoms with Crippen molar-refractivity contribution in [1.29, 1.82) is 5.26 Å². The molecule has 15 heavy (non-hydrogen) atoms. The molecule has 74 valence electrons. The van der Waals surface area contributed by atoms with Crippen molar-refractivity contribution >= 4 is 10.8 Å². The first-order valence-electron chi connectivity index (χ1n) is 4.65. The summed E-state index contributed by atoms with van der Waals surface area (Å²) in [5.74, 6) is 0. The van der Waals surface area contributed by atoms with E-state index in [0.29, 0.717) is 18.4 Å². The molecule has 0 radical (unpaired) electrons. The van der Waals surface area contributed by atoms with Gasteiger partial charge in [0.05, 0.1) is 30.6 Å². The Morgan fingerprint density at radius 1 is 1.40 bits per heavy atom. The highest BCUT2D eigenvalue weighted by Gasteiger charge is 2.01. The van der Waals surface area contributed by atoms with Crippen LogP contribution in [-0.2, 0) is 6.54 Å². The molecule has 0 amide bonds. The number of benzene rings is 1. The molecule has 0 atom stereocenters. The van der Waals surface area contributed by atoms with Crippen molar-refractivity contribution in [3.8, 4) is 6.07 Å². The summed E-state index contributed by atoms with van der Waals surface area (Å²) in [6.45, 7) is 0.347. The Bertz CT molecular complexity index is 580. The van der Waals surface area contributed by atoms with Gasteiger partial charge in [-0.3, -0.25) is 4.79 Å². The third-order valence-electron chi connectivity index (χ3n) is 2.20. The number of rotatable bonds is 2. The maximum absolute atomic E-state index is 11.8. The van der Waals surface area contributed by atoms with Crippen LogP contribution >= 0.6 is 0 Å². The van der Waals surface area contributed by atoms with Crippen LogP contribution in [0.4, 0.5) is 0 Å². The van der Waals surface area contributed by atoms with Gasteiger partial charge in [-0.15, -0.1) is 0 Å². The largest absolute Gasteiger partial charge is 0.274 e. The fourth-order valence-corrected chi connectivity index (χ4v) is 1.44. The minimum atomic E-state index is -0.136. The first kappa shape index (κ1) is 9.41. The summed E-state index contributed by atoms with van der Waals surface area (Å²) in [4.78, 5) is 11.8. The normalized spacial score (nSPS) is 10.1. The molecule has 2 aromatic rings. The highest BCUT2D eigenvalue weighted by Crippen LogP contribution is 2.06. The SMILES string of the molecule is N#CCCn1ncc2ccccc2c1=O. The second-order valence-electron chi connectivity index (χ2n) is 3.17. The van der Waals surface area contributed by atoms with Crippen molar-refractivity contribution < 1.29 is 0 Å². The van der Waals surface area contributed by atoms with Gasteiger partial charge in [0, 0.05) is 5.39 Å². The number of nitrogens with zero attached hydrogens (tertiary/aromatic N) is 3. The van der Waals surface area contributed by atoms with Crippen LogP contribution in [-0.4, -0.2) is 9.78 Å². The number of aryl methyl sites for hydroxylation is 1. The van der Waals surface area contributed by atoms with Crippen molar-refractivity contribution in [2.45, 2.75) is 13.0 Å². The van der Waals surface area contributed by atoms with Crippen molar-refractivity contribution in [2.24, 2.45) is 0 Å². The van der Waals surface area contributed by atoms with Gasteiger partial charge >= 0.3 is 0 Å². The molecule has 0 spiro atoms. The topological polar surface area (TPSA) is 58.7 Å². The fraction of sp³-hybridized carbons (Fsp3) is 0.182. The summed E-state index contributed by atoms with van der Waals surface area (Å²) >= 11 is 0. The zero-order valence-corrected chi connectivity index (χ0v) is 8.05. The van der Waals surface area contributed by atoms with Gasteiger partial charge in [-0.2, -0.15) is 10.4 Å². The monoisotopic (exact) mass is 199 g/mol. The van der Waals surface area contributed by atoms with Crippen LogP contribution in [0.2, 0.25) is 0 Å². The van der Waals surface area contributed by atoms with Gasteiger partial charge in [-0.05, 0) is 6.07 Å². The maximum Gasteiger partial charge on any atom is 0.274 e. The Balaban J connectivity index is 2.57. The minimum absolute atomic E-state index is 0.136. The van der Waals surface area contributed by atoms with Gasteiger partial charge in [0.1, 0.15) is 0 Å². The molecule has 0 fully saturated rings. The number of hydrogen-bond donors (Lipinski definition) is 0. The number of hydrogen-bond acceptors (Lipinski definition) is 3. The highest BCUT2D eigenvalue weighted by atomic mass is 16.1. The van der Waals surface area contributed by atoms with Crippen LogP contribution in [0.15, 0.2) is 35.3 Å². The first-order chi connectivity index (χ1) is 7.33. The lowest BCUT2D eigenvalue weighted by Gasteiger charge is -2.02. The molecule has 4 nitrogen and oxygen atoms in total. The van der Waals surface area contributed by atoms with Crippen LogP contribution in [0, 0.1) is 11.3 Å². The second kappa shape index (κ2) is 3.93. The maximum atomic E-state index is 11.8. The predicted octanol–water partition coefficient (Wildman–Crippen LogP) is 1.31. The minimum Gasteiger partial charge on any atom is -0.267 e. The van der Waals surface area contributed by atoms with Crippen LogP contribution in [0.25, 0.3) is 10.8 Å². The summed E-state index contributed by atoms with van der Waals surface area (Å²) in [6.07, 6.45) is 1.94. The lowest BCUT2D eigenvalue weighted by atomic mass is 10.2. The molecular formula is C11H9N3O. The quantitative estimate of drug-likeness (QED) is 0.732. The van der Waals surface area contributed by atoms with Crippen LogP contribution in [0.1, 0.15) is 6.42 Å². The Hall–Kier alpha value is -2.15. The van der Waals surface area contributed by atoms with Crippen LogP contribution in [0.3, 0.4) is 0 Å². The van der Waals surface area contributed by atoms with E-state index < -0.39 is 0 Å². The Morgan fingerprint density at radius 2 is 2.20 bits per heavy atom. The standard InChI is InChI=1S/C11H9N3O/c12-6-3-7-14-11(15)10-5-2-1-4-9(10)8-13-14/h1-2,4-5,8H,3,7H2. The Morgan fingerprint density at radius 3 is 3.00 bits per heavy atom. The molecular weight excluding hydrogens is 190 g/mol. The lowest BCUT2D eigenvalue weighted by Crippen LogP contribution is -2.22. The van der Waals surface area contributed by atoms with E-state index >= 15 is 0 Å². The van der Waals surface area contributed by atoms with Crippen molar-refractivity contribution in [3.63, 3.8) is 0 Å². The van der Waals surface area contributed by atoms with E-state index in [2.05, 4.69) is 5.10 Å². The second-order valence-corrected chi connectivity index (χ2v) is 3.17. The molecule has 1 heterocycles. The number of fused-ring (bicyclic) bond motifs is 1. The molecule has 0 aliphatic carbocycles. The molecule has 0 aliphatic rings.